The molecule has 1 fully saturated rings. The Morgan fingerprint density at radius 1 is 1.38 bits per heavy atom. The average molecular weight is 350 g/mol. The normalized spacial score (nSPS) is 21.3. The molecule has 0 aliphatic carbocycles. The molecule has 4 rings (SSSR count). The highest BCUT2D eigenvalue weighted by Crippen LogP contribution is 2.27. The average Bonchev–Trinajstić information content (AvgIpc) is 3.32. The summed E-state index contributed by atoms with van der Waals surface area (Å²) in [5, 5.41) is 4.76. The van der Waals surface area contributed by atoms with Crippen LogP contribution >= 0.6 is 0 Å². The fourth-order valence-electron chi connectivity index (χ4n) is 3.83. The van der Waals surface area contributed by atoms with E-state index in [1.54, 1.807) is 0 Å². The second kappa shape index (κ2) is 7.23. The topological polar surface area (TPSA) is 61.2 Å². The highest BCUT2D eigenvalue weighted by molar-refractivity contribution is 5.82. The number of nitrogens with zero attached hydrogens (tertiary/aromatic N) is 4. The predicted molar refractivity (Wildman–Crippen MR) is 105 cm³/mol. The van der Waals surface area contributed by atoms with Crippen molar-refractivity contribution < 1.29 is 0 Å². The van der Waals surface area contributed by atoms with Crippen molar-refractivity contribution in [1.82, 2.24) is 24.8 Å². The van der Waals surface area contributed by atoms with Gasteiger partial charge in [-0.25, -0.2) is 4.98 Å². The number of piperidine rings is 1. The van der Waals surface area contributed by atoms with Crippen LogP contribution in [0.3, 0.4) is 0 Å². The molecule has 6 heteroatoms. The first-order valence-corrected chi connectivity index (χ1v) is 9.24. The van der Waals surface area contributed by atoms with Crippen LogP contribution in [0.15, 0.2) is 54.0 Å². The van der Waals surface area contributed by atoms with Gasteiger partial charge in [0.15, 0.2) is 5.96 Å². The van der Waals surface area contributed by atoms with Crippen LogP contribution in [-0.4, -0.2) is 45.5 Å². The number of fused-ring (bicyclic) bond motifs is 1. The van der Waals surface area contributed by atoms with Gasteiger partial charge in [0, 0.05) is 43.7 Å². The maximum absolute atomic E-state index is 4.51. The summed E-state index contributed by atoms with van der Waals surface area (Å²) >= 11 is 0. The summed E-state index contributed by atoms with van der Waals surface area (Å²) in [6, 6.07) is 11.0. The number of aromatic nitrogens is 3. The number of likely N-dealkylation sites (tertiary alicyclic amines) is 1. The Labute approximate surface area is 154 Å². The number of para-hydroxylation sites is 1. The molecule has 1 saturated heterocycles. The standard InChI is InChI=1S/C20H26N6/c1-15-7-9-25(13-19(15)26-10-8-22-14-26)20(21-2)23-12-17-11-16-5-3-4-6-18(16)24-17/h3-6,8,10-11,14-15,19,24H,7,9,12-13H2,1-2H3,(H,21,23). The number of rotatable bonds is 3. The van der Waals surface area contributed by atoms with Gasteiger partial charge in [-0.05, 0) is 29.9 Å². The van der Waals surface area contributed by atoms with E-state index in [1.807, 2.05) is 19.6 Å². The van der Waals surface area contributed by atoms with Crippen molar-refractivity contribution in [1.29, 1.82) is 0 Å². The Kier molecular flexibility index (Phi) is 4.65. The molecule has 2 aromatic heterocycles. The number of nitrogens with one attached hydrogen (secondary N) is 2. The molecule has 1 aromatic carbocycles. The maximum atomic E-state index is 4.51. The number of H-pyrrole nitrogens is 1. The van der Waals surface area contributed by atoms with Crippen molar-refractivity contribution in [2.75, 3.05) is 20.1 Å². The first-order valence-electron chi connectivity index (χ1n) is 9.24. The minimum Gasteiger partial charge on any atom is -0.357 e. The van der Waals surface area contributed by atoms with Crippen molar-refractivity contribution in [3.8, 4) is 0 Å². The Hall–Kier alpha value is -2.76. The summed E-state index contributed by atoms with van der Waals surface area (Å²) in [5.41, 5.74) is 2.34. The van der Waals surface area contributed by atoms with Gasteiger partial charge >= 0.3 is 0 Å². The SMILES string of the molecule is CN=C(NCc1cc2ccccc2[nH]1)N1CCC(C)C(n2ccnc2)C1. The Morgan fingerprint density at radius 2 is 2.27 bits per heavy atom. The van der Waals surface area contributed by atoms with Gasteiger partial charge in [0.1, 0.15) is 0 Å². The second-order valence-corrected chi connectivity index (χ2v) is 7.07. The Bertz CT molecular complexity index is 846. The molecule has 1 aliphatic rings. The zero-order valence-corrected chi connectivity index (χ0v) is 15.4. The lowest BCUT2D eigenvalue weighted by Crippen LogP contribution is -2.48. The van der Waals surface area contributed by atoms with E-state index >= 15 is 0 Å². The molecule has 0 spiro atoms. The van der Waals surface area contributed by atoms with Gasteiger partial charge in [-0.2, -0.15) is 0 Å². The number of benzene rings is 1. The molecule has 2 unspecified atom stereocenters. The van der Waals surface area contributed by atoms with Crippen LogP contribution in [0.2, 0.25) is 0 Å². The molecular weight excluding hydrogens is 324 g/mol. The number of guanidine groups is 1. The van der Waals surface area contributed by atoms with Crippen LogP contribution in [0.4, 0.5) is 0 Å². The molecule has 0 radical (unpaired) electrons. The number of aromatic amines is 1. The van der Waals surface area contributed by atoms with Gasteiger partial charge in [0.2, 0.25) is 0 Å². The summed E-state index contributed by atoms with van der Waals surface area (Å²) in [6.45, 7) is 5.04. The number of imidazole rings is 1. The van der Waals surface area contributed by atoms with Gasteiger partial charge < -0.3 is 19.8 Å². The monoisotopic (exact) mass is 350 g/mol. The van der Waals surface area contributed by atoms with Crippen molar-refractivity contribution in [2.24, 2.45) is 10.9 Å². The highest BCUT2D eigenvalue weighted by Gasteiger charge is 2.28. The molecule has 0 amide bonds. The van der Waals surface area contributed by atoms with E-state index < -0.39 is 0 Å². The van der Waals surface area contributed by atoms with E-state index in [4.69, 9.17) is 0 Å². The van der Waals surface area contributed by atoms with Crippen molar-refractivity contribution in [2.45, 2.75) is 25.9 Å². The van der Waals surface area contributed by atoms with Gasteiger partial charge in [0.05, 0.1) is 18.9 Å². The van der Waals surface area contributed by atoms with E-state index in [9.17, 15) is 0 Å². The largest absolute Gasteiger partial charge is 0.357 e. The zero-order chi connectivity index (χ0) is 17.9. The van der Waals surface area contributed by atoms with Crippen LogP contribution < -0.4 is 5.32 Å². The third-order valence-corrected chi connectivity index (χ3v) is 5.36. The molecule has 6 nitrogen and oxygen atoms in total. The molecule has 2 atom stereocenters. The second-order valence-electron chi connectivity index (χ2n) is 7.07. The van der Waals surface area contributed by atoms with Crippen molar-refractivity contribution in [3.63, 3.8) is 0 Å². The first kappa shape index (κ1) is 16.7. The lowest BCUT2D eigenvalue weighted by Gasteiger charge is -2.39. The number of hydrogen-bond donors (Lipinski definition) is 2. The summed E-state index contributed by atoms with van der Waals surface area (Å²) in [7, 11) is 1.86. The van der Waals surface area contributed by atoms with Gasteiger partial charge in [-0.1, -0.05) is 25.1 Å². The van der Waals surface area contributed by atoms with Crippen LogP contribution in [0.25, 0.3) is 10.9 Å². The molecule has 136 valence electrons. The quantitative estimate of drug-likeness (QED) is 0.564. The molecule has 0 bridgehead atoms. The lowest BCUT2D eigenvalue weighted by molar-refractivity contribution is 0.189. The molecule has 1 aliphatic heterocycles. The number of aliphatic imine (C=N–C) groups is 1. The summed E-state index contributed by atoms with van der Waals surface area (Å²) in [6.07, 6.45) is 6.99. The van der Waals surface area contributed by atoms with Gasteiger partial charge in [0.25, 0.3) is 0 Å². The Morgan fingerprint density at radius 3 is 3.04 bits per heavy atom. The fraction of sp³-hybridized carbons (Fsp3) is 0.400. The van der Waals surface area contributed by atoms with E-state index in [1.165, 1.54) is 16.6 Å². The van der Waals surface area contributed by atoms with Crippen LogP contribution in [0.1, 0.15) is 25.1 Å². The molecule has 3 heterocycles. The molecule has 26 heavy (non-hydrogen) atoms. The minimum absolute atomic E-state index is 0.429. The van der Waals surface area contributed by atoms with Crippen molar-refractivity contribution in [3.05, 3.63) is 54.7 Å². The highest BCUT2D eigenvalue weighted by atomic mass is 15.3. The van der Waals surface area contributed by atoms with E-state index in [0.29, 0.717) is 12.0 Å². The fourth-order valence-corrected chi connectivity index (χ4v) is 3.83. The third-order valence-electron chi connectivity index (χ3n) is 5.36. The Balaban J connectivity index is 1.43. The zero-order valence-electron chi connectivity index (χ0n) is 15.4. The van der Waals surface area contributed by atoms with Gasteiger partial charge in [-0.3, -0.25) is 4.99 Å². The predicted octanol–water partition coefficient (Wildman–Crippen LogP) is 3.02. The molecule has 0 saturated carbocycles. The number of hydrogen-bond acceptors (Lipinski definition) is 2. The maximum Gasteiger partial charge on any atom is 0.194 e. The van der Waals surface area contributed by atoms with Crippen LogP contribution in [-0.2, 0) is 6.54 Å². The van der Waals surface area contributed by atoms with E-state index in [-0.39, 0.29) is 0 Å². The first-order chi connectivity index (χ1) is 12.7. The van der Waals surface area contributed by atoms with Gasteiger partial charge in [-0.15, -0.1) is 0 Å². The van der Waals surface area contributed by atoms with Crippen LogP contribution in [0.5, 0.6) is 0 Å². The molecule has 3 aromatic rings. The van der Waals surface area contributed by atoms with E-state index in [0.717, 1.165) is 32.0 Å². The summed E-state index contributed by atoms with van der Waals surface area (Å²) in [5.74, 6) is 1.59. The smallest absolute Gasteiger partial charge is 0.194 e. The molecular formula is C20H26N6. The summed E-state index contributed by atoms with van der Waals surface area (Å²) < 4.78 is 2.22. The third kappa shape index (κ3) is 3.31. The minimum atomic E-state index is 0.429. The molecule has 2 N–H and O–H groups in total. The van der Waals surface area contributed by atoms with Crippen LogP contribution in [0, 0.1) is 5.92 Å². The van der Waals surface area contributed by atoms with Crippen molar-refractivity contribution >= 4 is 16.9 Å². The lowest BCUT2D eigenvalue weighted by atomic mass is 9.93. The summed E-state index contributed by atoms with van der Waals surface area (Å²) in [4.78, 5) is 14.5. The van der Waals surface area contributed by atoms with E-state index in [2.05, 4.69) is 73.2 Å².